The molecule has 1 amide bonds. The monoisotopic (exact) mass is 290 g/mol. The fraction of sp³-hybridized carbons (Fsp3) is 0.429. The molecular weight excluding hydrogens is 272 g/mol. The van der Waals surface area contributed by atoms with Crippen LogP contribution in [0.3, 0.4) is 0 Å². The molecule has 3 heterocycles. The van der Waals surface area contributed by atoms with Crippen LogP contribution < -0.4 is 0 Å². The number of aromatic nitrogens is 3. The Balaban J connectivity index is 1.80. The van der Waals surface area contributed by atoms with Crippen LogP contribution >= 0.6 is 0 Å². The molecule has 0 radical (unpaired) electrons. The topological polar surface area (TPSA) is 94.4 Å². The summed E-state index contributed by atoms with van der Waals surface area (Å²) in [4.78, 5) is 17.2. The van der Waals surface area contributed by atoms with E-state index in [0.29, 0.717) is 30.9 Å². The fourth-order valence-electron chi connectivity index (χ4n) is 2.57. The molecule has 2 aromatic rings. The number of nitrogens with zero attached hydrogens (tertiary/aromatic N) is 3. The number of aliphatic hydroxyl groups excluding tert-OH is 2. The number of aliphatic hydroxyl groups is 2. The zero-order valence-corrected chi connectivity index (χ0v) is 11.8. The average molecular weight is 290 g/mol. The van der Waals surface area contributed by atoms with Crippen LogP contribution in [-0.2, 0) is 13.1 Å². The van der Waals surface area contributed by atoms with Crippen molar-refractivity contribution >= 4 is 5.91 Å². The second-order valence-corrected chi connectivity index (χ2v) is 5.23. The first-order chi connectivity index (χ1) is 10.1. The summed E-state index contributed by atoms with van der Waals surface area (Å²) in [5.74, 6) is -0.00884. The normalized spacial score (nSPS) is 15.9. The number of hydrogen-bond donors (Lipinski definition) is 3. The van der Waals surface area contributed by atoms with E-state index in [9.17, 15) is 9.90 Å². The predicted molar refractivity (Wildman–Crippen MR) is 74.5 cm³/mol. The Kier molecular flexibility index (Phi) is 3.52. The van der Waals surface area contributed by atoms with Gasteiger partial charge in [0.15, 0.2) is 0 Å². The third-order valence-corrected chi connectivity index (χ3v) is 3.80. The van der Waals surface area contributed by atoms with Gasteiger partial charge in [0, 0.05) is 18.4 Å². The molecule has 0 bridgehead atoms. The van der Waals surface area contributed by atoms with Crippen molar-refractivity contribution in [2.24, 2.45) is 0 Å². The number of carbonyl (C=O) groups excluding carboxylic acids is 1. The Morgan fingerprint density at radius 2 is 2.33 bits per heavy atom. The van der Waals surface area contributed by atoms with Crippen LogP contribution in [0.1, 0.15) is 33.5 Å². The first-order valence-corrected chi connectivity index (χ1v) is 6.89. The highest BCUT2D eigenvalue weighted by atomic mass is 16.3. The first-order valence-electron chi connectivity index (χ1n) is 6.89. The minimum absolute atomic E-state index is 0.00884. The van der Waals surface area contributed by atoms with Gasteiger partial charge in [0.25, 0.3) is 5.91 Å². The molecule has 7 nitrogen and oxygen atoms in total. The number of aromatic amines is 1. The molecule has 21 heavy (non-hydrogen) atoms. The molecule has 0 aromatic carbocycles. The van der Waals surface area contributed by atoms with Crippen LogP contribution in [0.4, 0.5) is 0 Å². The van der Waals surface area contributed by atoms with Crippen LogP contribution in [0.5, 0.6) is 0 Å². The molecule has 2 aromatic heterocycles. The third-order valence-electron chi connectivity index (χ3n) is 3.80. The van der Waals surface area contributed by atoms with E-state index in [1.807, 2.05) is 6.92 Å². The van der Waals surface area contributed by atoms with E-state index < -0.39 is 6.10 Å². The van der Waals surface area contributed by atoms with Crippen LogP contribution in [0.25, 0.3) is 0 Å². The quantitative estimate of drug-likeness (QED) is 0.752. The van der Waals surface area contributed by atoms with E-state index in [1.165, 1.54) is 0 Å². The zero-order chi connectivity index (χ0) is 15.0. The number of amides is 1. The van der Waals surface area contributed by atoms with E-state index in [1.54, 1.807) is 27.9 Å². The summed E-state index contributed by atoms with van der Waals surface area (Å²) in [5.41, 5.74) is 2.85. The van der Waals surface area contributed by atoms with Gasteiger partial charge in [-0.3, -0.25) is 9.48 Å². The second-order valence-electron chi connectivity index (χ2n) is 5.23. The van der Waals surface area contributed by atoms with Crippen molar-refractivity contribution in [2.45, 2.75) is 26.1 Å². The summed E-state index contributed by atoms with van der Waals surface area (Å²) in [7, 11) is 0. The van der Waals surface area contributed by atoms with Crippen molar-refractivity contribution in [1.29, 1.82) is 0 Å². The van der Waals surface area contributed by atoms with Crippen molar-refractivity contribution in [3.8, 4) is 0 Å². The van der Waals surface area contributed by atoms with Crippen LogP contribution in [-0.4, -0.2) is 48.9 Å². The summed E-state index contributed by atoms with van der Waals surface area (Å²) >= 11 is 0. The van der Waals surface area contributed by atoms with Gasteiger partial charge in [-0.1, -0.05) is 0 Å². The summed E-state index contributed by atoms with van der Waals surface area (Å²) in [6.45, 7) is 3.13. The Labute approximate surface area is 121 Å². The molecule has 0 unspecified atom stereocenters. The molecule has 1 aliphatic heterocycles. The highest BCUT2D eigenvalue weighted by molar-refractivity contribution is 5.95. The number of H-pyrrole nitrogens is 1. The minimum Gasteiger partial charge on any atom is -0.393 e. The standard InChI is InChI=1S/C14H18N4O3/c1-9-11(2-3-15-9)14(21)17-4-5-18-10(7-17)6-12(16-18)13(20)8-19/h2-3,6,13,15,19-20H,4-5,7-8H2,1H3/t13-/m0/s1. The van der Waals surface area contributed by atoms with Crippen LogP contribution in [0.15, 0.2) is 18.3 Å². The third kappa shape index (κ3) is 2.45. The molecule has 7 heteroatoms. The van der Waals surface area contributed by atoms with E-state index >= 15 is 0 Å². The predicted octanol–water partition coefficient (Wildman–Crippen LogP) is 0.201. The molecule has 0 saturated carbocycles. The van der Waals surface area contributed by atoms with Gasteiger partial charge in [-0.15, -0.1) is 0 Å². The molecule has 3 N–H and O–H groups in total. The molecule has 3 rings (SSSR count). The van der Waals surface area contributed by atoms with Gasteiger partial charge in [0.2, 0.25) is 0 Å². The SMILES string of the molecule is Cc1[nH]ccc1C(=O)N1CCn2nc([C@@H](O)CO)cc2C1. The lowest BCUT2D eigenvalue weighted by Crippen LogP contribution is -2.38. The molecular formula is C14H18N4O3. The Hall–Kier alpha value is -2.12. The summed E-state index contributed by atoms with van der Waals surface area (Å²) in [6.07, 6.45) is 0.783. The summed E-state index contributed by atoms with van der Waals surface area (Å²) < 4.78 is 1.78. The molecule has 0 aliphatic carbocycles. The van der Waals surface area contributed by atoms with Crippen molar-refractivity contribution in [2.75, 3.05) is 13.2 Å². The maximum Gasteiger partial charge on any atom is 0.256 e. The Morgan fingerprint density at radius 1 is 1.52 bits per heavy atom. The second kappa shape index (κ2) is 5.34. The lowest BCUT2D eigenvalue weighted by atomic mass is 10.2. The van der Waals surface area contributed by atoms with Gasteiger partial charge in [-0.05, 0) is 19.1 Å². The first kappa shape index (κ1) is 13.8. The number of aryl methyl sites for hydroxylation is 1. The molecule has 1 aliphatic rings. The summed E-state index contributed by atoms with van der Waals surface area (Å²) in [5, 5.41) is 22.9. The van der Waals surface area contributed by atoms with Gasteiger partial charge in [-0.25, -0.2) is 0 Å². The Bertz CT molecular complexity index is 661. The van der Waals surface area contributed by atoms with Gasteiger partial charge in [0.05, 0.1) is 36.6 Å². The maximum absolute atomic E-state index is 12.5. The van der Waals surface area contributed by atoms with E-state index in [-0.39, 0.29) is 12.5 Å². The average Bonchev–Trinajstić information content (AvgIpc) is 3.10. The highest BCUT2D eigenvalue weighted by Gasteiger charge is 2.25. The number of carbonyl (C=O) groups is 1. The van der Waals surface area contributed by atoms with E-state index in [2.05, 4.69) is 10.1 Å². The molecule has 0 spiro atoms. The van der Waals surface area contributed by atoms with Gasteiger partial charge in [-0.2, -0.15) is 5.10 Å². The lowest BCUT2D eigenvalue weighted by Gasteiger charge is -2.27. The van der Waals surface area contributed by atoms with Crippen molar-refractivity contribution in [3.05, 3.63) is 41.0 Å². The molecule has 1 atom stereocenters. The van der Waals surface area contributed by atoms with Crippen molar-refractivity contribution in [3.63, 3.8) is 0 Å². The number of hydrogen-bond acceptors (Lipinski definition) is 4. The summed E-state index contributed by atoms with van der Waals surface area (Å²) in [6, 6.07) is 3.52. The zero-order valence-electron chi connectivity index (χ0n) is 11.8. The highest BCUT2D eigenvalue weighted by Crippen LogP contribution is 2.20. The largest absolute Gasteiger partial charge is 0.393 e. The van der Waals surface area contributed by atoms with Crippen LogP contribution in [0.2, 0.25) is 0 Å². The van der Waals surface area contributed by atoms with Gasteiger partial charge >= 0.3 is 0 Å². The van der Waals surface area contributed by atoms with E-state index in [4.69, 9.17) is 5.11 Å². The maximum atomic E-state index is 12.5. The van der Waals surface area contributed by atoms with Crippen molar-refractivity contribution in [1.82, 2.24) is 19.7 Å². The number of rotatable bonds is 3. The minimum atomic E-state index is -0.973. The van der Waals surface area contributed by atoms with Gasteiger partial charge < -0.3 is 20.1 Å². The fourth-order valence-corrected chi connectivity index (χ4v) is 2.57. The number of fused-ring (bicyclic) bond motifs is 1. The van der Waals surface area contributed by atoms with Crippen molar-refractivity contribution < 1.29 is 15.0 Å². The van der Waals surface area contributed by atoms with Crippen LogP contribution in [0, 0.1) is 6.92 Å². The van der Waals surface area contributed by atoms with Gasteiger partial charge in [0.1, 0.15) is 6.10 Å². The molecule has 112 valence electrons. The van der Waals surface area contributed by atoms with E-state index in [0.717, 1.165) is 11.4 Å². The Morgan fingerprint density at radius 3 is 3.00 bits per heavy atom. The molecule has 0 fully saturated rings. The lowest BCUT2D eigenvalue weighted by molar-refractivity contribution is 0.0704. The smallest absolute Gasteiger partial charge is 0.256 e. The molecule has 0 saturated heterocycles. The number of nitrogens with one attached hydrogen (secondary N) is 1.